The van der Waals surface area contributed by atoms with E-state index in [1.54, 1.807) is 18.0 Å². The Kier molecular flexibility index (Phi) is 5.94. The Bertz CT molecular complexity index is 798. The third kappa shape index (κ3) is 4.04. The fourth-order valence-electron chi connectivity index (χ4n) is 3.64. The van der Waals surface area contributed by atoms with Crippen LogP contribution in [0, 0.1) is 5.92 Å². The van der Waals surface area contributed by atoms with Gasteiger partial charge in [0.1, 0.15) is 0 Å². The van der Waals surface area contributed by atoms with E-state index >= 15 is 0 Å². The highest BCUT2D eigenvalue weighted by molar-refractivity contribution is 5.96. The molecular weight excluding hydrogens is 342 g/mol. The molecule has 1 amide bonds. The Labute approximate surface area is 160 Å². The number of benzene rings is 1. The zero-order valence-electron chi connectivity index (χ0n) is 16.2. The average Bonchev–Trinajstić information content (AvgIpc) is 3.14. The zero-order chi connectivity index (χ0) is 19.4. The molecule has 0 radical (unpaired) electrons. The maximum atomic E-state index is 13.2. The van der Waals surface area contributed by atoms with Gasteiger partial charge in [-0.15, -0.1) is 0 Å². The van der Waals surface area contributed by atoms with Gasteiger partial charge in [0.05, 0.1) is 35.7 Å². The average molecular weight is 369 g/mol. The second-order valence-electron chi connectivity index (χ2n) is 7.19. The molecule has 1 aromatic heterocycles. The molecule has 27 heavy (non-hydrogen) atoms. The van der Waals surface area contributed by atoms with Gasteiger partial charge in [0.15, 0.2) is 0 Å². The van der Waals surface area contributed by atoms with Gasteiger partial charge < -0.3 is 9.64 Å². The van der Waals surface area contributed by atoms with E-state index in [1.807, 2.05) is 35.0 Å². The molecule has 1 aliphatic rings. The number of likely N-dealkylation sites (tertiary alicyclic amines) is 1. The van der Waals surface area contributed by atoms with E-state index in [2.05, 4.69) is 18.9 Å². The van der Waals surface area contributed by atoms with E-state index in [0.717, 1.165) is 24.2 Å². The van der Waals surface area contributed by atoms with E-state index in [-0.39, 0.29) is 23.7 Å². The lowest BCUT2D eigenvalue weighted by molar-refractivity contribution is -0.149. The van der Waals surface area contributed by atoms with Crippen LogP contribution in [0.2, 0.25) is 0 Å². The fraction of sp³-hybridized carbons (Fsp3) is 0.476. The lowest BCUT2D eigenvalue weighted by atomic mass is 9.97. The molecule has 1 fully saturated rings. The number of amides is 1. The van der Waals surface area contributed by atoms with E-state index in [1.165, 1.54) is 0 Å². The maximum absolute atomic E-state index is 13.2. The van der Waals surface area contributed by atoms with Crippen molar-refractivity contribution in [1.82, 2.24) is 14.7 Å². The highest BCUT2D eigenvalue weighted by Gasteiger charge is 2.32. The molecule has 0 aliphatic carbocycles. The molecule has 0 saturated carbocycles. The lowest BCUT2D eigenvalue weighted by Gasteiger charge is -2.31. The Balaban J connectivity index is 1.86. The maximum Gasteiger partial charge on any atom is 0.310 e. The van der Waals surface area contributed by atoms with Crippen LogP contribution >= 0.6 is 0 Å². The predicted molar refractivity (Wildman–Crippen MR) is 103 cm³/mol. The Morgan fingerprint density at radius 1 is 1.26 bits per heavy atom. The molecular formula is C21H27N3O3. The largest absolute Gasteiger partial charge is 0.466 e. The van der Waals surface area contributed by atoms with E-state index in [0.29, 0.717) is 25.3 Å². The van der Waals surface area contributed by atoms with Crippen molar-refractivity contribution in [1.29, 1.82) is 0 Å². The Morgan fingerprint density at radius 3 is 2.67 bits per heavy atom. The molecule has 0 unspecified atom stereocenters. The van der Waals surface area contributed by atoms with Crippen LogP contribution in [0.1, 0.15) is 55.6 Å². The van der Waals surface area contributed by atoms with Crippen LogP contribution in [0.15, 0.2) is 36.5 Å². The third-order valence-corrected chi connectivity index (χ3v) is 4.91. The quantitative estimate of drug-likeness (QED) is 0.758. The van der Waals surface area contributed by atoms with Gasteiger partial charge in [-0.05, 0) is 37.8 Å². The lowest BCUT2D eigenvalue weighted by Crippen LogP contribution is -2.43. The normalized spacial score (nSPS) is 17.2. The summed E-state index contributed by atoms with van der Waals surface area (Å²) in [7, 11) is 0. The van der Waals surface area contributed by atoms with Gasteiger partial charge in [-0.2, -0.15) is 5.10 Å². The molecule has 3 rings (SSSR count). The van der Waals surface area contributed by atoms with Crippen molar-refractivity contribution in [2.75, 3.05) is 19.7 Å². The highest BCUT2D eigenvalue weighted by atomic mass is 16.5. The second kappa shape index (κ2) is 8.37. The first kappa shape index (κ1) is 19.1. The Hall–Kier alpha value is -2.63. The first-order chi connectivity index (χ1) is 13.0. The first-order valence-electron chi connectivity index (χ1n) is 9.62. The summed E-state index contributed by atoms with van der Waals surface area (Å²) >= 11 is 0. The molecule has 2 heterocycles. The number of nitrogens with zero attached hydrogens (tertiary/aromatic N) is 3. The van der Waals surface area contributed by atoms with Crippen LogP contribution in [0.4, 0.5) is 0 Å². The molecule has 1 aromatic carbocycles. The van der Waals surface area contributed by atoms with Gasteiger partial charge in [0.25, 0.3) is 5.91 Å². The van der Waals surface area contributed by atoms with Crippen LogP contribution in [-0.4, -0.2) is 46.3 Å². The van der Waals surface area contributed by atoms with Crippen molar-refractivity contribution in [2.45, 2.75) is 39.5 Å². The minimum Gasteiger partial charge on any atom is -0.466 e. The van der Waals surface area contributed by atoms with Gasteiger partial charge in [0, 0.05) is 13.1 Å². The van der Waals surface area contributed by atoms with Crippen molar-refractivity contribution < 1.29 is 14.3 Å². The topological polar surface area (TPSA) is 64.4 Å². The number of hydrogen-bond acceptors (Lipinski definition) is 4. The summed E-state index contributed by atoms with van der Waals surface area (Å²) < 4.78 is 6.98. The number of rotatable bonds is 5. The van der Waals surface area contributed by atoms with Crippen LogP contribution < -0.4 is 0 Å². The number of aromatic nitrogens is 2. The SMILES string of the molecule is CCOC(=O)[C@@H]1CCCN(C(=O)c2cnn(-c3ccccc3)c2C(C)C)C1. The summed E-state index contributed by atoms with van der Waals surface area (Å²) in [6.07, 6.45) is 3.22. The van der Waals surface area contributed by atoms with Crippen molar-refractivity contribution in [3.63, 3.8) is 0 Å². The van der Waals surface area contributed by atoms with Gasteiger partial charge in [-0.25, -0.2) is 4.68 Å². The van der Waals surface area contributed by atoms with Crippen molar-refractivity contribution in [3.8, 4) is 5.69 Å². The Morgan fingerprint density at radius 2 is 2.00 bits per heavy atom. The monoisotopic (exact) mass is 369 g/mol. The standard InChI is InChI=1S/C21H27N3O3/c1-4-27-21(26)16-9-8-12-23(14-16)20(25)18-13-22-24(19(18)15(2)3)17-10-6-5-7-11-17/h5-7,10-11,13,15-16H,4,8-9,12,14H2,1-3H3/t16-/m1/s1. The molecule has 6 nitrogen and oxygen atoms in total. The second-order valence-corrected chi connectivity index (χ2v) is 7.19. The van der Waals surface area contributed by atoms with Gasteiger partial charge in [-0.1, -0.05) is 32.0 Å². The molecule has 144 valence electrons. The van der Waals surface area contributed by atoms with Gasteiger partial charge >= 0.3 is 5.97 Å². The smallest absolute Gasteiger partial charge is 0.310 e. The number of piperidine rings is 1. The summed E-state index contributed by atoms with van der Waals surface area (Å²) in [6, 6.07) is 9.82. The number of para-hydroxylation sites is 1. The highest BCUT2D eigenvalue weighted by Crippen LogP contribution is 2.26. The van der Waals surface area contributed by atoms with E-state index < -0.39 is 0 Å². The first-order valence-corrected chi connectivity index (χ1v) is 9.62. The summed E-state index contributed by atoms with van der Waals surface area (Å²) in [6.45, 7) is 7.35. The van der Waals surface area contributed by atoms with Gasteiger partial charge in [-0.3, -0.25) is 9.59 Å². The molecule has 0 spiro atoms. The summed E-state index contributed by atoms with van der Waals surface area (Å²) in [5.41, 5.74) is 2.44. The fourth-order valence-corrected chi connectivity index (χ4v) is 3.64. The van der Waals surface area contributed by atoms with Crippen LogP contribution in [-0.2, 0) is 9.53 Å². The number of esters is 1. The molecule has 2 aromatic rings. The van der Waals surface area contributed by atoms with Crippen molar-refractivity contribution in [2.24, 2.45) is 5.92 Å². The summed E-state index contributed by atoms with van der Waals surface area (Å²) in [5.74, 6) is -0.374. The van der Waals surface area contributed by atoms with E-state index in [4.69, 9.17) is 4.74 Å². The molecule has 6 heteroatoms. The minimum atomic E-state index is -0.241. The minimum absolute atomic E-state index is 0.0603. The molecule has 0 N–H and O–H groups in total. The third-order valence-electron chi connectivity index (χ3n) is 4.91. The van der Waals surface area contributed by atoms with Gasteiger partial charge in [0.2, 0.25) is 0 Å². The zero-order valence-corrected chi connectivity index (χ0v) is 16.2. The van der Waals surface area contributed by atoms with Crippen molar-refractivity contribution >= 4 is 11.9 Å². The van der Waals surface area contributed by atoms with E-state index in [9.17, 15) is 9.59 Å². The number of carbonyl (C=O) groups excluding carboxylic acids is 2. The summed E-state index contributed by atoms with van der Waals surface area (Å²) in [4.78, 5) is 27.1. The van der Waals surface area contributed by atoms with Crippen LogP contribution in [0.3, 0.4) is 0 Å². The number of carbonyl (C=O) groups is 2. The molecule has 1 saturated heterocycles. The molecule has 1 aliphatic heterocycles. The van der Waals surface area contributed by atoms with Crippen molar-refractivity contribution in [3.05, 3.63) is 47.8 Å². The number of ether oxygens (including phenoxy) is 1. The number of hydrogen-bond donors (Lipinski definition) is 0. The molecule has 1 atom stereocenters. The summed E-state index contributed by atoms with van der Waals surface area (Å²) in [5, 5.41) is 4.48. The molecule has 0 bridgehead atoms. The predicted octanol–water partition coefficient (Wildman–Crippen LogP) is 3.41. The van der Waals surface area contributed by atoms with Crippen LogP contribution in [0.25, 0.3) is 5.69 Å². The van der Waals surface area contributed by atoms with Crippen LogP contribution in [0.5, 0.6) is 0 Å².